The molecule has 1 unspecified atom stereocenters. The van der Waals surface area contributed by atoms with Crippen LogP contribution in [0, 0.1) is 0 Å². The molecule has 164 valence electrons. The number of hydrogen-bond donors (Lipinski definition) is 3. The number of carbonyl (C=O) groups excluding carboxylic acids is 1. The summed E-state index contributed by atoms with van der Waals surface area (Å²) in [7, 11) is 0. The highest BCUT2D eigenvalue weighted by Gasteiger charge is 2.28. The molecule has 2 aromatic rings. The zero-order chi connectivity index (χ0) is 21.2. The fourth-order valence-electron chi connectivity index (χ4n) is 4.51. The Labute approximate surface area is 182 Å². The molecule has 5 rings (SSSR count). The minimum Gasteiger partial charge on any atom is -0.382 e. The topological polar surface area (TPSA) is 109 Å². The molecule has 0 spiro atoms. The first-order valence-corrected chi connectivity index (χ1v) is 11.0. The first-order valence-electron chi connectivity index (χ1n) is 11.0. The van der Waals surface area contributed by atoms with Crippen molar-refractivity contribution in [2.45, 2.75) is 38.4 Å². The molecule has 0 bridgehead atoms. The molecule has 9 nitrogen and oxygen atoms in total. The maximum atomic E-state index is 12.3. The summed E-state index contributed by atoms with van der Waals surface area (Å²) in [6.45, 7) is 5.47. The maximum Gasteiger partial charge on any atom is 0.244 e. The van der Waals surface area contributed by atoms with E-state index < -0.39 is 0 Å². The quantitative estimate of drug-likeness (QED) is 0.646. The highest BCUT2D eigenvalue weighted by atomic mass is 16.5. The molecule has 9 heteroatoms. The zero-order valence-electron chi connectivity index (χ0n) is 17.6. The molecule has 1 atom stereocenters. The molecular formula is C22H29N7O2. The van der Waals surface area contributed by atoms with Crippen molar-refractivity contribution in [2.75, 3.05) is 54.1 Å². The van der Waals surface area contributed by atoms with Gasteiger partial charge in [0.15, 0.2) is 11.6 Å². The molecule has 1 aromatic heterocycles. The van der Waals surface area contributed by atoms with Gasteiger partial charge in [0.05, 0.1) is 19.2 Å². The molecular weight excluding hydrogens is 394 g/mol. The van der Waals surface area contributed by atoms with Crippen LogP contribution < -0.4 is 21.3 Å². The van der Waals surface area contributed by atoms with Gasteiger partial charge in [-0.15, -0.1) is 0 Å². The van der Waals surface area contributed by atoms with Crippen LogP contribution in [0.5, 0.6) is 0 Å². The third-order valence-corrected chi connectivity index (χ3v) is 6.05. The number of nitrogens with two attached hydrogens (primary N) is 1. The van der Waals surface area contributed by atoms with Gasteiger partial charge in [-0.1, -0.05) is 24.3 Å². The highest BCUT2D eigenvalue weighted by Crippen LogP contribution is 2.34. The number of fused-ring (bicyclic) bond motifs is 1. The van der Waals surface area contributed by atoms with Gasteiger partial charge >= 0.3 is 0 Å². The molecule has 1 aromatic carbocycles. The predicted molar refractivity (Wildman–Crippen MR) is 120 cm³/mol. The second-order valence-corrected chi connectivity index (χ2v) is 8.54. The number of anilines is 4. The molecule has 4 heterocycles. The average molecular weight is 424 g/mol. The van der Waals surface area contributed by atoms with Crippen LogP contribution in [-0.4, -0.2) is 59.7 Å². The Kier molecular flexibility index (Phi) is 5.61. The maximum absolute atomic E-state index is 12.3. The molecule has 2 saturated heterocycles. The average Bonchev–Trinajstić information content (AvgIpc) is 3.44. The number of carbonyl (C=O) groups is 1. The Balaban J connectivity index is 1.37. The van der Waals surface area contributed by atoms with E-state index in [2.05, 4.69) is 44.8 Å². The van der Waals surface area contributed by atoms with Crippen molar-refractivity contribution in [2.24, 2.45) is 0 Å². The predicted octanol–water partition coefficient (Wildman–Crippen LogP) is 1.81. The number of aromatic nitrogens is 2. The van der Waals surface area contributed by atoms with E-state index in [0.717, 1.165) is 25.1 Å². The Hall–Kier alpha value is -2.91. The Morgan fingerprint density at radius 3 is 2.77 bits per heavy atom. The lowest BCUT2D eigenvalue weighted by Crippen LogP contribution is -2.39. The second-order valence-electron chi connectivity index (χ2n) is 8.54. The van der Waals surface area contributed by atoms with Gasteiger partial charge in [0, 0.05) is 19.7 Å². The fraction of sp³-hybridized carbons (Fsp3) is 0.500. The molecule has 0 radical (unpaired) electrons. The number of nitrogens with zero attached hydrogens (tertiary/aromatic N) is 4. The third kappa shape index (κ3) is 4.57. The van der Waals surface area contributed by atoms with Crippen LogP contribution in [0.15, 0.2) is 24.3 Å². The van der Waals surface area contributed by atoms with Gasteiger partial charge < -0.3 is 26.0 Å². The van der Waals surface area contributed by atoms with Crippen LogP contribution >= 0.6 is 0 Å². The SMILES string of the molecule is Nc1nc(NC2CCOC2)nc2c1NC(=O)CN2Cc1cccc(CN2CCCC2)c1. The second kappa shape index (κ2) is 8.68. The van der Waals surface area contributed by atoms with Crippen LogP contribution in [-0.2, 0) is 22.6 Å². The van der Waals surface area contributed by atoms with E-state index in [1.807, 2.05) is 4.90 Å². The summed E-state index contributed by atoms with van der Waals surface area (Å²) in [4.78, 5) is 25.8. The minimum atomic E-state index is -0.110. The van der Waals surface area contributed by atoms with E-state index in [0.29, 0.717) is 30.6 Å². The summed E-state index contributed by atoms with van der Waals surface area (Å²) in [5.74, 6) is 1.28. The summed E-state index contributed by atoms with van der Waals surface area (Å²) in [5, 5.41) is 6.14. The van der Waals surface area contributed by atoms with Gasteiger partial charge in [-0.05, 0) is 43.5 Å². The number of likely N-dealkylation sites (tertiary alicyclic amines) is 1. The smallest absolute Gasteiger partial charge is 0.244 e. The van der Waals surface area contributed by atoms with E-state index in [4.69, 9.17) is 15.5 Å². The van der Waals surface area contributed by atoms with Gasteiger partial charge in [0.25, 0.3) is 0 Å². The first kappa shape index (κ1) is 20.0. The lowest BCUT2D eigenvalue weighted by molar-refractivity contribution is -0.115. The van der Waals surface area contributed by atoms with Crippen LogP contribution in [0.4, 0.5) is 23.3 Å². The fourth-order valence-corrected chi connectivity index (χ4v) is 4.51. The van der Waals surface area contributed by atoms with Crippen LogP contribution in [0.2, 0.25) is 0 Å². The van der Waals surface area contributed by atoms with Crippen LogP contribution in [0.3, 0.4) is 0 Å². The van der Waals surface area contributed by atoms with Crippen molar-refractivity contribution in [1.29, 1.82) is 0 Å². The number of rotatable bonds is 6. The van der Waals surface area contributed by atoms with E-state index in [9.17, 15) is 4.79 Å². The molecule has 1 amide bonds. The summed E-state index contributed by atoms with van der Waals surface area (Å²) in [6, 6.07) is 8.76. The number of hydrogen-bond acceptors (Lipinski definition) is 8. The number of nitrogens with one attached hydrogen (secondary N) is 2. The van der Waals surface area contributed by atoms with Crippen molar-refractivity contribution in [3.05, 3.63) is 35.4 Å². The van der Waals surface area contributed by atoms with Crippen molar-refractivity contribution in [3.63, 3.8) is 0 Å². The van der Waals surface area contributed by atoms with E-state index in [-0.39, 0.29) is 24.3 Å². The van der Waals surface area contributed by atoms with E-state index in [1.54, 1.807) is 0 Å². The molecule has 31 heavy (non-hydrogen) atoms. The molecule has 0 saturated carbocycles. The molecule has 2 fully saturated rings. The Morgan fingerprint density at radius 2 is 2.00 bits per heavy atom. The molecule has 4 N–H and O–H groups in total. The van der Waals surface area contributed by atoms with Gasteiger partial charge in [-0.3, -0.25) is 9.69 Å². The lowest BCUT2D eigenvalue weighted by atomic mass is 10.1. The van der Waals surface area contributed by atoms with Crippen molar-refractivity contribution in [3.8, 4) is 0 Å². The summed E-state index contributed by atoms with van der Waals surface area (Å²) in [6.07, 6.45) is 3.47. The van der Waals surface area contributed by atoms with Crippen LogP contribution in [0.25, 0.3) is 0 Å². The van der Waals surface area contributed by atoms with Gasteiger partial charge in [-0.25, -0.2) is 0 Å². The minimum absolute atomic E-state index is 0.110. The largest absolute Gasteiger partial charge is 0.382 e. The molecule has 3 aliphatic heterocycles. The Morgan fingerprint density at radius 1 is 1.19 bits per heavy atom. The standard InChI is InChI=1S/C22H29N7O2/c23-20-19-21(27-22(26-20)24-17-6-9-31-14-17)29(13-18(30)25-19)12-16-5-3-4-15(10-16)11-28-7-1-2-8-28/h3-5,10,17H,1-2,6-9,11-14H2,(H,25,30)(H3,23,24,26,27). The number of nitrogen functional groups attached to an aromatic ring is 1. The van der Waals surface area contributed by atoms with Crippen molar-refractivity contribution >= 4 is 29.2 Å². The highest BCUT2D eigenvalue weighted by molar-refractivity contribution is 6.03. The van der Waals surface area contributed by atoms with Crippen LogP contribution in [0.1, 0.15) is 30.4 Å². The zero-order valence-corrected chi connectivity index (χ0v) is 17.6. The van der Waals surface area contributed by atoms with Gasteiger partial charge in [0.1, 0.15) is 5.69 Å². The number of ether oxygens (including phenoxy) is 1. The third-order valence-electron chi connectivity index (χ3n) is 6.05. The summed E-state index contributed by atoms with van der Waals surface area (Å²) < 4.78 is 5.42. The summed E-state index contributed by atoms with van der Waals surface area (Å²) in [5.41, 5.74) is 9.11. The van der Waals surface area contributed by atoms with E-state index in [1.165, 1.54) is 31.5 Å². The van der Waals surface area contributed by atoms with E-state index >= 15 is 0 Å². The number of benzene rings is 1. The number of amides is 1. The Bertz CT molecular complexity index is 955. The van der Waals surface area contributed by atoms with Crippen molar-refractivity contribution in [1.82, 2.24) is 14.9 Å². The lowest BCUT2D eigenvalue weighted by Gasteiger charge is -2.31. The molecule has 3 aliphatic rings. The van der Waals surface area contributed by atoms with Gasteiger partial charge in [0.2, 0.25) is 11.9 Å². The van der Waals surface area contributed by atoms with Crippen molar-refractivity contribution < 1.29 is 9.53 Å². The van der Waals surface area contributed by atoms with Gasteiger partial charge in [-0.2, -0.15) is 9.97 Å². The first-order chi connectivity index (χ1) is 15.1. The monoisotopic (exact) mass is 423 g/mol. The normalized spacial score (nSPS) is 21.2. The molecule has 0 aliphatic carbocycles. The summed E-state index contributed by atoms with van der Waals surface area (Å²) >= 11 is 0.